The molecule has 1 aromatic rings. The molecule has 4 nitrogen and oxygen atoms in total. The smallest absolute Gasteiger partial charge is 0.131 e. The molecule has 19 heavy (non-hydrogen) atoms. The van der Waals surface area contributed by atoms with Crippen molar-refractivity contribution in [1.29, 1.82) is 0 Å². The second-order valence-corrected chi connectivity index (χ2v) is 5.40. The van der Waals surface area contributed by atoms with Crippen LogP contribution < -0.4 is 5.32 Å². The number of ether oxygens (including phenoxy) is 1. The van der Waals surface area contributed by atoms with Gasteiger partial charge in [0.2, 0.25) is 0 Å². The summed E-state index contributed by atoms with van der Waals surface area (Å²) in [5, 5.41) is 3.43. The van der Waals surface area contributed by atoms with E-state index in [1.807, 2.05) is 6.92 Å². The molecule has 0 aliphatic heterocycles. The van der Waals surface area contributed by atoms with Gasteiger partial charge in [0.1, 0.15) is 5.82 Å². The van der Waals surface area contributed by atoms with E-state index in [0.717, 1.165) is 36.6 Å². The van der Waals surface area contributed by atoms with Crippen LogP contribution in [0.25, 0.3) is 0 Å². The zero-order valence-electron chi connectivity index (χ0n) is 13.1. The summed E-state index contributed by atoms with van der Waals surface area (Å²) in [5.74, 6) is 0.880. The van der Waals surface area contributed by atoms with E-state index in [9.17, 15) is 0 Å². The van der Waals surface area contributed by atoms with Crippen molar-refractivity contribution >= 4 is 0 Å². The van der Waals surface area contributed by atoms with Crippen molar-refractivity contribution < 1.29 is 4.74 Å². The molecule has 1 unspecified atom stereocenters. The number of hydrogen-bond donors (Lipinski definition) is 1. The minimum Gasteiger partial charge on any atom is -0.381 e. The third-order valence-corrected chi connectivity index (χ3v) is 3.27. The van der Waals surface area contributed by atoms with E-state index in [0.29, 0.717) is 6.04 Å². The first-order valence-electron chi connectivity index (χ1n) is 7.03. The number of methoxy groups -OCH3 is 1. The van der Waals surface area contributed by atoms with Crippen molar-refractivity contribution in [1.82, 2.24) is 15.3 Å². The Balaban J connectivity index is 2.74. The molecule has 1 atom stereocenters. The molecule has 0 aliphatic rings. The average molecular weight is 265 g/mol. The number of hydrogen-bond acceptors (Lipinski definition) is 4. The number of nitrogens with zero attached hydrogens (tertiary/aromatic N) is 2. The lowest BCUT2D eigenvalue weighted by Gasteiger charge is -2.14. The van der Waals surface area contributed by atoms with Gasteiger partial charge in [-0.15, -0.1) is 0 Å². The van der Waals surface area contributed by atoms with Crippen LogP contribution in [-0.4, -0.2) is 35.8 Å². The summed E-state index contributed by atoms with van der Waals surface area (Å²) in [4.78, 5) is 9.20. The first-order valence-corrected chi connectivity index (χ1v) is 7.03. The highest BCUT2D eigenvalue weighted by atomic mass is 16.5. The van der Waals surface area contributed by atoms with Crippen LogP contribution in [0.5, 0.6) is 0 Å². The maximum Gasteiger partial charge on any atom is 0.131 e. The fraction of sp³-hybridized carbons (Fsp3) is 0.733. The minimum atomic E-state index is 0.159. The van der Waals surface area contributed by atoms with Gasteiger partial charge >= 0.3 is 0 Å². The largest absolute Gasteiger partial charge is 0.381 e. The predicted octanol–water partition coefficient (Wildman–Crippen LogP) is 2.21. The van der Waals surface area contributed by atoms with Crippen LogP contribution in [0.2, 0.25) is 0 Å². The highest BCUT2D eigenvalue weighted by molar-refractivity contribution is 5.24. The maximum absolute atomic E-state index is 5.27. The second kappa shape index (κ2) is 7.56. The molecular formula is C15H27N3O. The van der Waals surface area contributed by atoms with E-state index < -0.39 is 0 Å². The highest BCUT2D eigenvalue weighted by Crippen LogP contribution is 2.12. The Morgan fingerprint density at radius 2 is 1.68 bits per heavy atom. The van der Waals surface area contributed by atoms with Crippen molar-refractivity contribution in [3.8, 4) is 0 Å². The van der Waals surface area contributed by atoms with Gasteiger partial charge in [0.15, 0.2) is 0 Å². The first-order chi connectivity index (χ1) is 8.93. The molecule has 0 saturated heterocycles. The lowest BCUT2D eigenvalue weighted by atomic mass is 10.1. The van der Waals surface area contributed by atoms with Crippen LogP contribution in [0.1, 0.15) is 43.5 Å². The van der Waals surface area contributed by atoms with Gasteiger partial charge in [-0.05, 0) is 39.3 Å². The van der Waals surface area contributed by atoms with Gasteiger partial charge < -0.3 is 10.1 Å². The monoisotopic (exact) mass is 265 g/mol. The van der Waals surface area contributed by atoms with Gasteiger partial charge in [-0.1, -0.05) is 13.8 Å². The molecule has 0 aromatic carbocycles. The Kier molecular flexibility index (Phi) is 6.38. The standard InChI is InChI=1S/C15H27N3O/c1-10(2)16-8-7-14-12(4)17-15(18-13(14)5)9-11(3)19-6/h10-11,16H,7-9H2,1-6H3. The molecule has 1 aromatic heterocycles. The van der Waals surface area contributed by atoms with Crippen LogP contribution in [0.15, 0.2) is 0 Å². The van der Waals surface area contributed by atoms with Gasteiger partial charge in [0.25, 0.3) is 0 Å². The molecule has 4 heteroatoms. The van der Waals surface area contributed by atoms with Crippen molar-refractivity contribution in [2.45, 2.75) is 59.6 Å². The molecule has 1 N–H and O–H groups in total. The van der Waals surface area contributed by atoms with Gasteiger partial charge in [-0.25, -0.2) is 9.97 Å². The normalized spacial score (nSPS) is 13.0. The van der Waals surface area contributed by atoms with Crippen molar-refractivity contribution in [2.75, 3.05) is 13.7 Å². The Labute approximate surface area is 117 Å². The van der Waals surface area contributed by atoms with E-state index in [2.05, 4.69) is 43.0 Å². The van der Waals surface area contributed by atoms with Crippen LogP contribution in [0.4, 0.5) is 0 Å². The first kappa shape index (κ1) is 16.1. The lowest BCUT2D eigenvalue weighted by molar-refractivity contribution is 0.117. The van der Waals surface area contributed by atoms with Gasteiger partial charge in [0, 0.05) is 31.0 Å². The lowest BCUT2D eigenvalue weighted by Crippen LogP contribution is -2.25. The van der Waals surface area contributed by atoms with E-state index in [1.54, 1.807) is 7.11 Å². The van der Waals surface area contributed by atoms with Gasteiger partial charge in [-0.3, -0.25) is 0 Å². The molecule has 0 aliphatic carbocycles. The van der Waals surface area contributed by atoms with Crippen LogP contribution >= 0.6 is 0 Å². The number of aromatic nitrogens is 2. The fourth-order valence-corrected chi connectivity index (χ4v) is 2.09. The van der Waals surface area contributed by atoms with Crippen LogP contribution in [-0.2, 0) is 17.6 Å². The third kappa shape index (κ3) is 5.25. The topological polar surface area (TPSA) is 47.0 Å². The molecule has 0 bridgehead atoms. The van der Waals surface area contributed by atoms with Gasteiger partial charge in [-0.2, -0.15) is 0 Å². The molecule has 0 fully saturated rings. The number of nitrogens with one attached hydrogen (secondary N) is 1. The van der Waals surface area contributed by atoms with E-state index >= 15 is 0 Å². The molecule has 0 spiro atoms. The molecule has 0 amide bonds. The fourth-order valence-electron chi connectivity index (χ4n) is 2.09. The Hall–Kier alpha value is -1.00. The van der Waals surface area contributed by atoms with E-state index in [4.69, 9.17) is 4.74 Å². The molecule has 1 heterocycles. The third-order valence-electron chi connectivity index (χ3n) is 3.27. The molecule has 0 saturated carbocycles. The minimum absolute atomic E-state index is 0.159. The van der Waals surface area contributed by atoms with Gasteiger partial charge in [0.05, 0.1) is 6.10 Å². The summed E-state index contributed by atoms with van der Waals surface area (Å²) in [7, 11) is 1.72. The Bertz CT molecular complexity index is 381. The molecular weight excluding hydrogens is 238 g/mol. The van der Waals surface area contributed by atoms with Crippen molar-refractivity contribution in [2.24, 2.45) is 0 Å². The Morgan fingerprint density at radius 1 is 1.11 bits per heavy atom. The van der Waals surface area contributed by atoms with Crippen LogP contribution in [0, 0.1) is 13.8 Å². The van der Waals surface area contributed by atoms with Crippen molar-refractivity contribution in [3.63, 3.8) is 0 Å². The summed E-state index contributed by atoms with van der Waals surface area (Å²) in [5.41, 5.74) is 3.45. The van der Waals surface area contributed by atoms with E-state index in [-0.39, 0.29) is 6.10 Å². The Morgan fingerprint density at radius 3 is 2.16 bits per heavy atom. The molecule has 1 rings (SSSR count). The molecule has 108 valence electrons. The second-order valence-electron chi connectivity index (χ2n) is 5.40. The average Bonchev–Trinajstić information content (AvgIpc) is 2.32. The van der Waals surface area contributed by atoms with E-state index in [1.165, 1.54) is 5.56 Å². The summed E-state index contributed by atoms with van der Waals surface area (Å²) < 4.78 is 5.27. The number of rotatable bonds is 7. The summed E-state index contributed by atoms with van der Waals surface area (Å²) in [6, 6.07) is 0.517. The summed E-state index contributed by atoms with van der Waals surface area (Å²) in [6.45, 7) is 11.5. The SMILES string of the molecule is COC(C)Cc1nc(C)c(CCNC(C)C)c(C)n1. The number of aryl methyl sites for hydroxylation is 2. The summed E-state index contributed by atoms with van der Waals surface area (Å²) >= 11 is 0. The molecule has 0 radical (unpaired) electrons. The van der Waals surface area contributed by atoms with Crippen LogP contribution in [0.3, 0.4) is 0 Å². The maximum atomic E-state index is 5.27. The zero-order chi connectivity index (χ0) is 14.4. The van der Waals surface area contributed by atoms with Crippen molar-refractivity contribution in [3.05, 3.63) is 22.8 Å². The zero-order valence-corrected chi connectivity index (χ0v) is 13.1. The quantitative estimate of drug-likeness (QED) is 0.821. The summed E-state index contributed by atoms with van der Waals surface area (Å²) in [6.07, 6.45) is 1.91. The highest BCUT2D eigenvalue weighted by Gasteiger charge is 2.11. The predicted molar refractivity (Wildman–Crippen MR) is 78.5 cm³/mol.